The van der Waals surface area contributed by atoms with Crippen molar-refractivity contribution in [3.8, 4) is 5.75 Å². The van der Waals surface area contributed by atoms with Crippen LogP contribution in [0.2, 0.25) is 0 Å². The highest BCUT2D eigenvalue weighted by Gasteiger charge is 2.25. The monoisotopic (exact) mass is 561 g/mol. The van der Waals surface area contributed by atoms with Gasteiger partial charge in [-0.05, 0) is 64.1 Å². The van der Waals surface area contributed by atoms with Crippen molar-refractivity contribution in [1.29, 1.82) is 0 Å². The average molecular weight is 562 g/mol. The maximum Gasteiger partial charge on any atom is 0.295 e. The van der Waals surface area contributed by atoms with Crippen LogP contribution in [-0.2, 0) is 22.4 Å². The molecule has 0 aliphatic heterocycles. The van der Waals surface area contributed by atoms with Crippen LogP contribution in [0.1, 0.15) is 98.4 Å². The molecular weight excluding hydrogens is 522 g/mol. The van der Waals surface area contributed by atoms with Gasteiger partial charge in [-0.1, -0.05) is 65.8 Å². The van der Waals surface area contributed by atoms with Crippen molar-refractivity contribution < 1.29 is 17.7 Å². The number of alkyl halides is 1. The minimum Gasteiger partial charge on any atom is -0.496 e. The van der Waals surface area contributed by atoms with Crippen LogP contribution in [0.25, 0.3) is 0 Å². The molecule has 208 valence electrons. The zero-order valence-corrected chi connectivity index (χ0v) is 25.1. The predicted octanol–water partition coefficient (Wildman–Crippen LogP) is 7.01. The summed E-state index contributed by atoms with van der Waals surface area (Å²) in [5.74, 6) is 2.02. The lowest BCUT2D eigenvalue weighted by atomic mass is 9.89. The summed E-state index contributed by atoms with van der Waals surface area (Å²) in [6.45, 7) is 13.9. The van der Waals surface area contributed by atoms with Crippen LogP contribution >= 0.6 is 11.6 Å². The minimum absolute atomic E-state index is 0.0492. The first-order valence-corrected chi connectivity index (χ1v) is 14.6. The molecule has 0 atom stereocenters. The van der Waals surface area contributed by atoms with Gasteiger partial charge in [0.15, 0.2) is 0 Å². The van der Waals surface area contributed by atoms with Gasteiger partial charge >= 0.3 is 0 Å². The highest BCUT2D eigenvalue weighted by Crippen LogP contribution is 2.34. The summed E-state index contributed by atoms with van der Waals surface area (Å²) < 4.78 is 38.4. The molecule has 3 aromatic rings. The Hall–Kier alpha value is -2.68. The highest BCUT2D eigenvalue weighted by molar-refractivity contribution is 7.86. The van der Waals surface area contributed by atoms with Gasteiger partial charge in [-0.3, -0.25) is 4.55 Å². The Balaban J connectivity index is 0.000000267. The van der Waals surface area contributed by atoms with Gasteiger partial charge in [0.05, 0.1) is 7.11 Å². The molecule has 0 aliphatic carbocycles. The van der Waals surface area contributed by atoms with Crippen LogP contribution in [0, 0.1) is 6.92 Å². The lowest BCUT2D eigenvalue weighted by molar-refractivity contribution is 0.410. The van der Waals surface area contributed by atoms with E-state index in [0.717, 1.165) is 33.7 Å². The SMILES string of the molecule is CC(C)c1cc(C(C)C)c(S(=O)(=O)O)c(C(C)C)c1.COc1cc(CCl)ccc1Cc1cnc(N)nc1C. The van der Waals surface area contributed by atoms with E-state index in [1.165, 1.54) is 0 Å². The molecule has 9 heteroatoms. The molecule has 0 bridgehead atoms. The van der Waals surface area contributed by atoms with E-state index in [2.05, 4.69) is 23.8 Å². The van der Waals surface area contributed by atoms with E-state index < -0.39 is 10.1 Å². The third-order valence-corrected chi connectivity index (χ3v) is 7.62. The first-order chi connectivity index (χ1) is 17.7. The summed E-state index contributed by atoms with van der Waals surface area (Å²) in [6, 6.07) is 9.79. The first-order valence-electron chi connectivity index (χ1n) is 12.6. The van der Waals surface area contributed by atoms with E-state index in [1.807, 2.05) is 65.0 Å². The van der Waals surface area contributed by atoms with Gasteiger partial charge in [-0.25, -0.2) is 9.97 Å². The van der Waals surface area contributed by atoms with Crippen molar-refractivity contribution in [2.75, 3.05) is 12.8 Å². The highest BCUT2D eigenvalue weighted by atomic mass is 35.5. The number of benzene rings is 2. The molecule has 0 spiro atoms. The number of halogens is 1. The van der Waals surface area contributed by atoms with Crippen molar-refractivity contribution in [2.45, 2.75) is 83.4 Å². The number of aromatic nitrogens is 2. The second-order valence-corrected chi connectivity index (χ2v) is 11.9. The number of anilines is 1. The second-order valence-electron chi connectivity index (χ2n) is 10.3. The van der Waals surface area contributed by atoms with E-state index >= 15 is 0 Å². The lowest BCUT2D eigenvalue weighted by Gasteiger charge is -2.20. The molecular formula is C29H40ClN3O4S. The van der Waals surface area contributed by atoms with Crippen molar-refractivity contribution >= 4 is 27.7 Å². The quantitative estimate of drug-likeness (QED) is 0.224. The van der Waals surface area contributed by atoms with Crippen molar-refractivity contribution in [2.24, 2.45) is 0 Å². The van der Waals surface area contributed by atoms with E-state index in [0.29, 0.717) is 35.3 Å². The molecule has 1 aromatic heterocycles. The van der Waals surface area contributed by atoms with Crippen LogP contribution in [0.4, 0.5) is 5.95 Å². The Kier molecular flexibility index (Phi) is 11.1. The smallest absolute Gasteiger partial charge is 0.295 e. The Morgan fingerprint density at radius 3 is 1.97 bits per heavy atom. The van der Waals surface area contributed by atoms with Gasteiger partial charge in [-0.2, -0.15) is 8.42 Å². The average Bonchev–Trinajstić information content (AvgIpc) is 2.84. The molecule has 3 rings (SSSR count). The van der Waals surface area contributed by atoms with Crippen LogP contribution in [0.3, 0.4) is 0 Å². The van der Waals surface area contributed by atoms with Gasteiger partial charge in [0.1, 0.15) is 10.6 Å². The van der Waals surface area contributed by atoms with E-state index in [1.54, 1.807) is 13.3 Å². The Morgan fingerprint density at radius 2 is 1.55 bits per heavy atom. The standard InChI is InChI=1S/C15H24O3S.C14H16ClN3O/c1-9(2)12-7-13(10(3)4)15(19(16,17)18)14(8-12)11(5)6;1-9-12(8-17-14(16)18-9)6-11-4-3-10(7-15)5-13(11)19-2/h7-11H,1-6H3,(H,16,17,18);3-5,8H,6-7H2,1-2H3,(H2,16,17,18). The maximum atomic E-state index is 11.7. The fraction of sp³-hybridized carbons (Fsp3) is 0.448. The van der Waals surface area contributed by atoms with E-state index in [4.69, 9.17) is 22.1 Å². The molecule has 38 heavy (non-hydrogen) atoms. The molecule has 0 aliphatic rings. The summed E-state index contributed by atoms with van der Waals surface area (Å²) in [4.78, 5) is 8.29. The molecule has 0 unspecified atom stereocenters. The number of hydrogen-bond acceptors (Lipinski definition) is 6. The first kappa shape index (κ1) is 31.5. The molecule has 0 radical (unpaired) electrons. The summed E-state index contributed by atoms with van der Waals surface area (Å²) in [7, 11) is -2.54. The topological polar surface area (TPSA) is 115 Å². The van der Waals surface area contributed by atoms with E-state index in [-0.39, 0.29) is 16.7 Å². The molecule has 1 heterocycles. The van der Waals surface area contributed by atoms with Crippen LogP contribution in [0.5, 0.6) is 5.75 Å². The van der Waals surface area contributed by atoms with Gasteiger partial charge in [-0.15, -0.1) is 11.6 Å². The Bertz CT molecular complexity index is 1330. The van der Waals surface area contributed by atoms with Gasteiger partial charge in [0, 0.05) is 24.2 Å². The number of ether oxygens (including phenoxy) is 1. The number of methoxy groups -OCH3 is 1. The third kappa shape index (κ3) is 8.16. The summed E-state index contributed by atoms with van der Waals surface area (Å²) in [5.41, 5.74) is 12.1. The third-order valence-electron chi connectivity index (χ3n) is 6.32. The number of nitrogen functional groups attached to an aromatic ring is 1. The number of hydrogen-bond donors (Lipinski definition) is 2. The van der Waals surface area contributed by atoms with Crippen LogP contribution in [-0.4, -0.2) is 30.0 Å². The minimum atomic E-state index is -4.20. The zero-order chi connectivity index (χ0) is 28.8. The molecule has 3 N–H and O–H groups in total. The molecule has 7 nitrogen and oxygen atoms in total. The van der Waals surface area contributed by atoms with Crippen molar-refractivity contribution in [3.63, 3.8) is 0 Å². The maximum absolute atomic E-state index is 11.7. The molecule has 0 fully saturated rings. The van der Waals surface area contributed by atoms with Gasteiger partial charge in [0.2, 0.25) is 5.95 Å². The molecule has 0 saturated carbocycles. The van der Waals surface area contributed by atoms with Crippen molar-refractivity contribution in [1.82, 2.24) is 9.97 Å². The fourth-order valence-corrected chi connectivity index (χ4v) is 5.45. The molecule has 0 amide bonds. The van der Waals surface area contributed by atoms with Crippen LogP contribution < -0.4 is 10.5 Å². The fourth-order valence-electron chi connectivity index (χ4n) is 4.09. The molecule has 0 saturated heterocycles. The number of nitrogens with two attached hydrogens (primary N) is 1. The second kappa shape index (κ2) is 13.4. The summed E-state index contributed by atoms with van der Waals surface area (Å²) in [5, 5.41) is 0. The summed E-state index contributed by atoms with van der Waals surface area (Å²) >= 11 is 5.82. The Labute approximate surface area is 232 Å². The van der Waals surface area contributed by atoms with Crippen LogP contribution in [0.15, 0.2) is 41.4 Å². The zero-order valence-electron chi connectivity index (χ0n) is 23.5. The number of aryl methyl sites for hydroxylation is 1. The Morgan fingerprint density at radius 1 is 0.974 bits per heavy atom. The van der Waals surface area contributed by atoms with Gasteiger partial charge < -0.3 is 10.5 Å². The van der Waals surface area contributed by atoms with Crippen molar-refractivity contribution in [3.05, 3.63) is 75.6 Å². The lowest BCUT2D eigenvalue weighted by Crippen LogP contribution is -2.11. The number of nitrogens with zero attached hydrogens (tertiary/aromatic N) is 2. The normalized spacial score (nSPS) is 11.6. The predicted molar refractivity (Wildman–Crippen MR) is 155 cm³/mol. The van der Waals surface area contributed by atoms with Gasteiger partial charge in [0.25, 0.3) is 10.1 Å². The summed E-state index contributed by atoms with van der Waals surface area (Å²) in [6.07, 6.45) is 2.46. The largest absolute Gasteiger partial charge is 0.496 e. The van der Waals surface area contributed by atoms with E-state index in [9.17, 15) is 13.0 Å². The molecule has 2 aromatic carbocycles. The number of rotatable bonds is 8.